The number of halogens is 3. The minimum absolute atomic E-state index is 0. The first-order valence-electron chi connectivity index (χ1n) is 14.2. The highest BCUT2D eigenvalue weighted by Crippen LogP contribution is 2.13. The third-order valence-electron chi connectivity index (χ3n) is 6.61. The molecule has 1 amide bonds. The first kappa shape index (κ1) is 39.7. The summed E-state index contributed by atoms with van der Waals surface area (Å²) in [5.41, 5.74) is 0. The van der Waals surface area contributed by atoms with Gasteiger partial charge in [-0.05, 0) is 64.8 Å². The van der Waals surface area contributed by atoms with E-state index in [1.54, 1.807) is 0 Å². The molecule has 1 heterocycles. The molecule has 4 N–H and O–H groups in total. The zero-order valence-corrected chi connectivity index (χ0v) is 25.1. The summed E-state index contributed by atoms with van der Waals surface area (Å²) in [6.45, 7) is 8.38. The van der Waals surface area contributed by atoms with E-state index in [4.69, 9.17) is 0 Å². The molecule has 35 heavy (non-hydrogen) atoms. The van der Waals surface area contributed by atoms with Gasteiger partial charge < -0.3 is 21.3 Å². The van der Waals surface area contributed by atoms with Crippen molar-refractivity contribution in [1.82, 2.24) is 21.3 Å². The van der Waals surface area contributed by atoms with Gasteiger partial charge in [-0.3, -0.25) is 4.79 Å². The number of carbonyl (C=O) groups is 1. The lowest BCUT2D eigenvalue weighted by Crippen LogP contribution is -2.37. The zero-order chi connectivity index (χ0) is 23.0. The Morgan fingerprint density at radius 2 is 1.09 bits per heavy atom. The van der Waals surface area contributed by atoms with E-state index in [0.29, 0.717) is 12.5 Å². The maximum atomic E-state index is 12.4. The molecule has 0 aromatic heterocycles. The minimum atomic E-state index is 0. The number of hydrogen-bond donors (Lipinski definition) is 4. The SMILES string of the molecule is CCCCCCCCCCCCCC1CC(=O)NCCCNCCCCCNCCCN1.Cl.Cl.Cl. The number of nitrogens with one attached hydrogen (secondary N) is 4. The fourth-order valence-corrected chi connectivity index (χ4v) is 4.51. The van der Waals surface area contributed by atoms with Gasteiger partial charge in [0.25, 0.3) is 0 Å². The largest absolute Gasteiger partial charge is 0.356 e. The summed E-state index contributed by atoms with van der Waals surface area (Å²) in [7, 11) is 0. The predicted octanol–water partition coefficient (Wildman–Crippen LogP) is 6.56. The Bertz CT molecular complexity index is 420. The summed E-state index contributed by atoms with van der Waals surface area (Å²) in [5, 5.41) is 13.9. The van der Waals surface area contributed by atoms with Gasteiger partial charge in [0.2, 0.25) is 5.91 Å². The van der Waals surface area contributed by atoms with Gasteiger partial charge in [0.1, 0.15) is 0 Å². The van der Waals surface area contributed by atoms with Gasteiger partial charge in [0.05, 0.1) is 0 Å². The lowest BCUT2D eigenvalue weighted by Gasteiger charge is -2.19. The Morgan fingerprint density at radius 3 is 1.66 bits per heavy atom. The number of hydrogen-bond acceptors (Lipinski definition) is 4. The van der Waals surface area contributed by atoms with Crippen molar-refractivity contribution in [2.45, 2.75) is 129 Å². The fourth-order valence-electron chi connectivity index (χ4n) is 4.51. The van der Waals surface area contributed by atoms with Crippen LogP contribution in [0.5, 0.6) is 0 Å². The van der Waals surface area contributed by atoms with Crippen molar-refractivity contribution in [3.63, 3.8) is 0 Å². The van der Waals surface area contributed by atoms with Crippen molar-refractivity contribution >= 4 is 43.1 Å². The molecule has 0 bridgehead atoms. The summed E-state index contributed by atoms with van der Waals surface area (Å²) in [6, 6.07) is 0.325. The zero-order valence-electron chi connectivity index (χ0n) is 22.7. The molecule has 0 aromatic rings. The summed E-state index contributed by atoms with van der Waals surface area (Å²) in [6.07, 6.45) is 22.8. The maximum absolute atomic E-state index is 12.4. The molecule has 1 saturated heterocycles. The molecule has 1 aliphatic rings. The van der Waals surface area contributed by atoms with E-state index in [1.165, 1.54) is 89.9 Å². The molecule has 0 saturated carbocycles. The number of rotatable bonds is 12. The van der Waals surface area contributed by atoms with Crippen molar-refractivity contribution in [2.24, 2.45) is 0 Å². The molecule has 0 aliphatic carbocycles. The van der Waals surface area contributed by atoms with Crippen molar-refractivity contribution in [1.29, 1.82) is 0 Å². The quantitative estimate of drug-likeness (QED) is 0.204. The molecule has 8 heteroatoms. The number of carbonyl (C=O) groups excluding carboxylic acids is 1. The van der Waals surface area contributed by atoms with E-state index in [2.05, 4.69) is 28.2 Å². The van der Waals surface area contributed by atoms with Crippen LogP contribution in [0, 0.1) is 0 Å². The molecular weight excluding hydrogens is 503 g/mol. The average molecular weight is 562 g/mol. The van der Waals surface area contributed by atoms with E-state index in [1.807, 2.05) is 0 Å². The molecular formula is C27H59Cl3N4O. The first-order valence-corrected chi connectivity index (χ1v) is 14.2. The second-order valence-electron chi connectivity index (χ2n) is 9.80. The van der Waals surface area contributed by atoms with Crippen molar-refractivity contribution in [2.75, 3.05) is 39.3 Å². The van der Waals surface area contributed by atoms with Gasteiger partial charge in [-0.25, -0.2) is 0 Å². The van der Waals surface area contributed by atoms with Gasteiger partial charge in [-0.2, -0.15) is 0 Å². The van der Waals surface area contributed by atoms with Crippen LogP contribution in [0.15, 0.2) is 0 Å². The molecule has 1 rings (SSSR count). The summed E-state index contributed by atoms with van der Waals surface area (Å²) in [4.78, 5) is 12.4. The smallest absolute Gasteiger partial charge is 0.221 e. The number of unbranched alkanes of at least 4 members (excludes halogenated alkanes) is 10. The summed E-state index contributed by atoms with van der Waals surface area (Å²) in [5.74, 6) is 0.213. The normalized spacial score (nSPS) is 19.1. The van der Waals surface area contributed by atoms with Gasteiger partial charge in [0, 0.05) is 19.0 Å². The van der Waals surface area contributed by atoms with Crippen LogP contribution in [-0.2, 0) is 4.79 Å². The minimum Gasteiger partial charge on any atom is -0.356 e. The Balaban J connectivity index is -0.00000341. The Hall–Kier alpha value is 0.220. The molecule has 214 valence electrons. The van der Waals surface area contributed by atoms with E-state index in [9.17, 15) is 4.79 Å². The molecule has 1 aliphatic heterocycles. The van der Waals surface area contributed by atoms with Crippen molar-refractivity contribution in [3.8, 4) is 0 Å². The highest BCUT2D eigenvalue weighted by atomic mass is 35.5. The van der Waals surface area contributed by atoms with Crippen LogP contribution in [0.3, 0.4) is 0 Å². The van der Waals surface area contributed by atoms with Crippen LogP contribution in [0.25, 0.3) is 0 Å². The third kappa shape index (κ3) is 28.6. The standard InChI is InChI=1S/C27H56N4O.3ClH/c1-2-3-4-5-6-7-8-9-10-11-13-18-26-25-27(32)31-24-17-22-29-20-15-12-14-19-28-21-16-23-30-26;;;/h26,28-30H,2-25H2,1H3,(H,31,32);3*1H. The predicted molar refractivity (Wildman–Crippen MR) is 161 cm³/mol. The number of amides is 1. The third-order valence-corrected chi connectivity index (χ3v) is 6.61. The molecule has 1 unspecified atom stereocenters. The average Bonchev–Trinajstić information content (AvgIpc) is 2.79. The van der Waals surface area contributed by atoms with E-state index < -0.39 is 0 Å². The molecule has 5 nitrogen and oxygen atoms in total. The maximum Gasteiger partial charge on any atom is 0.221 e. The van der Waals surface area contributed by atoms with Crippen molar-refractivity contribution in [3.05, 3.63) is 0 Å². The van der Waals surface area contributed by atoms with Crippen LogP contribution in [0.1, 0.15) is 122 Å². The second kappa shape index (κ2) is 32.2. The molecule has 0 aromatic carbocycles. The fraction of sp³-hybridized carbons (Fsp3) is 0.963. The van der Waals surface area contributed by atoms with Gasteiger partial charge in [-0.15, -0.1) is 37.2 Å². The van der Waals surface area contributed by atoms with Crippen LogP contribution in [0.4, 0.5) is 0 Å². The first-order chi connectivity index (χ1) is 15.8. The van der Waals surface area contributed by atoms with E-state index in [0.717, 1.165) is 58.5 Å². The molecule has 1 atom stereocenters. The van der Waals surface area contributed by atoms with Crippen LogP contribution in [0.2, 0.25) is 0 Å². The van der Waals surface area contributed by atoms with Gasteiger partial charge in [-0.1, -0.05) is 84.0 Å². The highest BCUT2D eigenvalue weighted by Gasteiger charge is 2.13. The summed E-state index contributed by atoms with van der Waals surface area (Å²) < 4.78 is 0. The molecule has 1 fully saturated rings. The lowest BCUT2D eigenvalue weighted by atomic mass is 10.0. The van der Waals surface area contributed by atoms with Crippen LogP contribution in [-0.4, -0.2) is 51.2 Å². The highest BCUT2D eigenvalue weighted by molar-refractivity contribution is 5.86. The topological polar surface area (TPSA) is 65.2 Å². The summed E-state index contributed by atoms with van der Waals surface area (Å²) >= 11 is 0. The van der Waals surface area contributed by atoms with Crippen LogP contribution < -0.4 is 21.3 Å². The van der Waals surface area contributed by atoms with Gasteiger partial charge >= 0.3 is 0 Å². The molecule has 0 radical (unpaired) electrons. The Labute approximate surface area is 236 Å². The van der Waals surface area contributed by atoms with E-state index >= 15 is 0 Å². The second-order valence-corrected chi connectivity index (χ2v) is 9.80. The van der Waals surface area contributed by atoms with Crippen LogP contribution >= 0.6 is 37.2 Å². The van der Waals surface area contributed by atoms with Gasteiger partial charge in [0.15, 0.2) is 0 Å². The van der Waals surface area contributed by atoms with Crippen molar-refractivity contribution < 1.29 is 4.79 Å². The van der Waals surface area contributed by atoms with E-state index in [-0.39, 0.29) is 43.1 Å². The Morgan fingerprint density at radius 1 is 0.600 bits per heavy atom. The monoisotopic (exact) mass is 560 g/mol. The lowest BCUT2D eigenvalue weighted by molar-refractivity contribution is -0.121. The molecule has 0 spiro atoms. The Kier molecular flexibility index (Phi) is 36.6.